The number of aromatic nitrogens is 2. The maximum absolute atomic E-state index is 14.1. The molecule has 3 rings (SSSR count). The number of hydrogen-bond acceptors (Lipinski definition) is 3. The number of aryl methyl sites for hydroxylation is 1. The zero-order valence-electron chi connectivity index (χ0n) is 11.6. The Hall–Kier alpha value is -2.44. The van der Waals surface area contributed by atoms with Crippen molar-refractivity contribution < 1.29 is 14.0 Å². The number of nitrogens with zero attached hydrogens (tertiary/aromatic N) is 2. The maximum Gasteiger partial charge on any atom is 0.329 e. The third-order valence-electron chi connectivity index (χ3n) is 3.54. The molecule has 0 unspecified atom stereocenters. The number of imide groups is 1. The van der Waals surface area contributed by atoms with E-state index in [9.17, 15) is 14.0 Å². The van der Waals surface area contributed by atoms with E-state index in [1.807, 2.05) is 6.92 Å². The molecule has 1 aromatic carbocycles. The predicted molar refractivity (Wildman–Crippen MR) is 75.5 cm³/mol. The highest BCUT2D eigenvalue weighted by molar-refractivity contribution is 6.08. The lowest BCUT2D eigenvalue weighted by molar-refractivity contribution is -0.120. The molecule has 0 spiro atoms. The first-order chi connectivity index (χ1) is 10.1. The minimum absolute atomic E-state index is 0.205. The van der Waals surface area contributed by atoms with Crippen LogP contribution in [-0.2, 0) is 11.2 Å². The van der Waals surface area contributed by atoms with E-state index >= 15 is 0 Å². The molecule has 2 aromatic rings. The average Bonchev–Trinajstić information content (AvgIpc) is 2.82. The molecule has 0 saturated carbocycles. The molecule has 1 aliphatic heterocycles. The van der Waals surface area contributed by atoms with Gasteiger partial charge in [-0.15, -0.1) is 0 Å². The molecule has 0 radical (unpaired) electrons. The Morgan fingerprint density at radius 2 is 2.19 bits per heavy atom. The molecule has 2 heterocycles. The van der Waals surface area contributed by atoms with Gasteiger partial charge in [0.2, 0.25) is 5.91 Å². The molecule has 2 N–H and O–H groups in total. The van der Waals surface area contributed by atoms with Crippen LogP contribution in [0.15, 0.2) is 12.1 Å². The average molecular weight is 290 g/mol. The third-order valence-corrected chi connectivity index (χ3v) is 3.54. The number of rotatable bonds is 3. The quantitative estimate of drug-likeness (QED) is 0.908. The van der Waals surface area contributed by atoms with Gasteiger partial charge in [0.05, 0.1) is 5.52 Å². The van der Waals surface area contributed by atoms with Crippen LogP contribution in [0.2, 0.25) is 0 Å². The molecule has 0 bridgehead atoms. The van der Waals surface area contributed by atoms with Gasteiger partial charge in [0.25, 0.3) is 0 Å². The fourth-order valence-corrected chi connectivity index (χ4v) is 2.50. The standard InChI is InChI=1S/C14H15FN4O2/c1-2-3-8-6-11-9(7-10(8)15)13(18-17-11)19-5-4-12(20)16-14(19)21/h6-7H,2-5H2,1H3,(H,17,18)(H,16,20,21). The summed E-state index contributed by atoms with van der Waals surface area (Å²) in [4.78, 5) is 24.4. The van der Waals surface area contributed by atoms with Crippen LogP contribution in [0.5, 0.6) is 0 Å². The second kappa shape index (κ2) is 5.16. The first-order valence-electron chi connectivity index (χ1n) is 6.88. The highest BCUT2D eigenvalue weighted by Gasteiger charge is 2.27. The number of amides is 3. The second-order valence-electron chi connectivity index (χ2n) is 5.04. The minimum atomic E-state index is -0.530. The third kappa shape index (κ3) is 2.35. The number of benzene rings is 1. The largest absolute Gasteiger partial charge is 0.329 e. The van der Waals surface area contributed by atoms with Crippen LogP contribution in [0.3, 0.4) is 0 Å². The Kier molecular flexibility index (Phi) is 3.32. The summed E-state index contributed by atoms with van der Waals surface area (Å²) in [5.41, 5.74) is 1.30. The van der Waals surface area contributed by atoms with Gasteiger partial charge in [0.15, 0.2) is 5.82 Å². The monoisotopic (exact) mass is 290 g/mol. The number of H-pyrrole nitrogens is 1. The molecule has 110 valence electrons. The fraction of sp³-hybridized carbons (Fsp3) is 0.357. The molecule has 1 aliphatic rings. The van der Waals surface area contributed by atoms with Crippen LogP contribution in [0.4, 0.5) is 15.0 Å². The fourth-order valence-electron chi connectivity index (χ4n) is 2.50. The Balaban J connectivity index is 2.02. The van der Waals surface area contributed by atoms with Crippen LogP contribution in [0, 0.1) is 5.82 Å². The summed E-state index contributed by atoms with van der Waals surface area (Å²) in [7, 11) is 0. The number of halogens is 1. The lowest BCUT2D eigenvalue weighted by Crippen LogP contribution is -2.49. The van der Waals surface area contributed by atoms with Crippen molar-refractivity contribution in [1.29, 1.82) is 0 Å². The second-order valence-corrected chi connectivity index (χ2v) is 5.04. The summed E-state index contributed by atoms with van der Waals surface area (Å²) in [5.74, 6) is -0.273. The minimum Gasteiger partial charge on any atom is -0.278 e. The Labute approximate surface area is 120 Å². The molecule has 0 aliphatic carbocycles. The molecule has 1 aromatic heterocycles. The number of aromatic amines is 1. The summed E-state index contributed by atoms with van der Waals surface area (Å²) in [6, 6.07) is 2.58. The van der Waals surface area contributed by atoms with E-state index in [0.29, 0.717) is 28.7 Å². The smallest absolute Gasteiger partial charge is 0.278 e. The summed E-state index contributed by atoms with van der Waals surface area (Å²) in [6.07, 6.45) is 1.70. The summed E-state index contributed by atoms with van der Waals surface area (Å²) >= 11 is 0. The number of urea groups is 1. The number of fused-ring (bicyclic) bond motifs is 1. The first-order valence-corrected chi connectivity index (χ1v) is 6.88. The first kappa shape index (κ1) is 13.5. The van der Waals surface area contributed by atoms with Crippen molar-refractivity contribution in [1.82, 2.24) is 15.5 Å². The van der Waals surface area contributed by atoms with E-state index in [1.54, 1.807) is 6.07 Å². The van der Waals surface area contributed by atoms with Crippen molar-refractivity contribution in [2.75, 3.05) is 11.4 Å². The Morgan fingerprint density at radius 1 is 1.38 bits per heavy atom. The van der Waals surface area contributed by atoms with Gasteiger partial charge in [-0.2, -0.15) is 5.10 Å². The summed E-state index contributed by atoms with van der Waals surface area (Å²) in [5, 5.41) is 9.69. The molecule has 6 nitrogen and oxygen atoms in total. The highest BCUT2D eigenvalue weighted by atomic mass is 19.1. The number of anilines is 1. The number of hydrogen-bond donors (Lipinski definition) is 2. The van der Waals surface area contributed by atoms with Gasteiger partial charge in [-0.25, -0.2) is 9.18 Å². The SMILES string of the molecule is CCCc1cc2[nH]nc(N3CCC(=O)NC3=O)c2cc1F. The Morgan fingerprint density at radius 3 is 2.90 bits per heavy atom. The van der Waals surface area contributed by atoms with Crippen molar-refractivity contribution in [3.8, 4) is 0 Å². The number of carbonyl (C=O) groups is 2. The van der Waals surface area contributed by atoms with Crippen LogP contribution in [-0.4, -0.2) is 28.7 Å². The maximum atomic E-state index is 14.1. The van der Waals surface area contributed by atoms with E-state index < -0.39 is 6.03 Å². The van der Waals surface area contributed by atoms with E-state index in [4.69, 9.17) is 0 Å². The molecule has 21 heavy (non-hydrogen) atoms. The van der Waals surface area contributed by atoms with Crippen molar-refractivity contribution >= 4 is 28.7 Å². The lowest BCUT2D eigenvalue weighted by Gasteiger charge is -2.24. The zero-order valence-corrected chi connectivity index (χ0v) is 11.6. The van der Waals surface area contributed by atoms with Crippen LogP contribution < -0.4 is 10.2 Å². The topological polar surface area (TPSA) is 78.1 Å². The van der Waals surface area contributed by atoms with E-state index in [1.165, 1.54) is 11.0 Å². The predicted octanol–water partition coefficient (Wildman–Crippen LogP) is 2.10. The van der Waals surface area contributed by atoms with Gasteiger partial charge in [-0.05, 0) is 24.1 Å². The number of nitrogens with one attached hydrogen (secondary N) is 2. The van der Waals surface area contributed by atoms with E-state index in [2.05, 4.69) is 15.5 Å². The van der Waals surface area contributed by atoms with Gasteiger partial charge in [0.1, 0.15) is 5.82 Å². The molecule has 0 atom stereocenters. The number of carbonyl (C=O) groups excluding carboxylic acids is 2. The van der Waals surface area contributed by atoms with Crippen molar-refractivity contribution in [3.63, 3.8) is 0 Å². The molecular formula is C14H15FN4O2. The van der Waals surface area contributed by atoms with Crippen molar-refractivity contribution in [2.45, 2.75) is 26.2 Å². The molecule has 1 saturated heterocycles. The Bertz CT molecular complexity index is 725. The van der Waals surface area contributed by atoms with Gasteiger partial charge in [-0.3, -0.25) is 20.1 Å². The van der Waals surface area contributed by atoms with Crippen molar-refractivity contribution in [3.05, 3.63) is 23.5 Å². The highest BCUT2D eigenvalue weighted by Crippen LogP contribution is 2.28. The zero-order chi connectivity index (χ0) is 15.0. The normalized spacial score (nSPS) is 15.6. The lowest BCUT2D eigenvalue weighted by atomic mass is 10.1. The molecule has 1 fully saturated rings. The van der Waals surface area contributed by atoms with Gasteiger partial charge in [-0.1, -0.05) is 13.3 Å². The van der Waals surface area contributed by atoms with Gasteiger partial charge < -0.3 is 0 Å². The van der Waals surface area contributed by atoms with E-state index in [-0.39, 0.29) is 24.7 Å². The molecular weight excluding hydrogens is 275 g/mol. The van der Waals surface area contributed by atoms with Crippen LogP contribution >= 0.6 is 0 Å². The summed E-state index contributed by atoms with van der Waals surface area (Å²) < 4.78 is 14.1. The summed E-state index contributed by atoms with van der Waals surface area (Å²) in [6.45, 7) is 2.22. The van der Waals surface area contributed by atoms with Gasteiger partial charge >= 0.3 is 6.03 Å². The van der Waals surface area contributed by atoms with Gasteiger partial charge in [0, 0.05) is 18.4 Å². The van der Waals surface area contributed by atoms with Crippen molar-refractivity contribution in [2.24, 2.45) is 0 Å². The molecule has 7 heteroatoms. The molecule has 3 amide bonds. The van der Waals surface area contributed by atoms with Crippen LogP contribution in [0.25, 0.3) is 10.9 Å². The van der Waals surface area contributed by atoms with Crippen LogP contribution in [0.1, 0.15) is 25.3 Å². The van der Waals surface area contributed by atoms with E-state index in [0.717, 1.165) is 6.42 Å².